The number of oxime groups is 1. The first kappa shape index (κ1) is 12.2. The third-order valence-corrected chi connectivity index (χ3v) is 3.40. The minimum Gasteiger partial charge on any atom is -0.409 e. The molecule has 5 heteroatoms. The van der Waals surface area contributed by atoms with Gasteiger partial charge in [0.15, 0.2) is 5.84 Å². The van der Waals surface area contributed by atoms with Gasteiger partial charge in [-0.15, -0.1) is 0 Å². The van der Waals surface area contributed by atoms with Crippen molar-refractivity contribution >= 4 is 17.4 Å². The molecule has 0 radical (unpaired) electrons. The minimum absolute atomic E-state index is 0.0778. The van der Waals surface area contributed by atoms with Crippen molar-refractivity contribution in [2.24, 2.45) is 10.9 Å². The molecule has 1 aromatic carbocycles. The molecule has 1 aliphatic rings. The lowest BCUT2D eigenvalue weighted by atomic mass is 10.1. The van der Waals surface area contributed by atoms with Crippen LogP contribution < -0.4 is 5.73 Å². The Morgan fingerprint density at radius 1 is 1.59 bits per heavy atom. The molecule has 1 saturated carbocycles. The summed E-state index contributed by atoms with van der Waals surface area (Å²) in [4.78, 5) is 2.30. The van der Waals surface area contributed by atoms with E-state index in [-0.39, 0.29) is 5.84 Å². The van der Waals surface area contributed by atoms with Crippen molar-refractivity contribution < 1.29 is 5.21 Å². The third-order valence-electron chi connectivity index (χ3n) is 3.05. The number of hydrogen-bond acceptors (Lipinski definition) is 3. The molecule has 0 amide bonds. The number of rotatable bonds is 4. The highest BCUT2D eigenvalue weighted by atomic mass is 35.5. The molecular weight excluding hydrogens is 238 g/mol. The summed E-state index contributed by atoms with van der Waals surface area (Å²) >= 11 is 6.18. The first-order valence-electron chi connectivity index (χ1n) is 5.58. The SMILES string of the molecule is CN(Cc1ccc(/C(N)=N/O)cc1Cl)C1CC1. The molecule has 0 atom stereocenters. The van der Waals surface area contributed by atoms with Crippen LogP contribution in [0.15, 0.2) is 23.4 Å². The van der Waals surface area contributed by atoms with Crippen LogP contribution in [0.2, 0.25) is 5.02 Å². The molecule has 0 bridgehead atoms. The average Bonchev–Trinajstić information content (AvgIpc) is 3.14. The van der Waals surface area contributed by atoms with Gasteiger partial charge in [-0.2, -0.15) is 0 Å². The molecule has 0 saturated heterocycles. The molecule has 0 aliphatic heterocycles. The van der Waals surface area contributed by atoms with Gasteiger partial charge < -0.3 is 10.9 Å². The predicted octanol–water partition coefficient (Wildman–Crippen LogP) is 2.03. The van der Waals surface area contributed by atoms with Crippen LogP contribution in [-0.2, 0) is 6.54 Å². The van der Waals surface area contributed by atoms with Gasteiger partial charge in [-0.05, 0) is 31.5 Å². The summed E-state index contributed by atoms with van der Waals surface area (Å²) in [5.74, 6) is 0.0778. The number of nitrogens with zero attached hydrogens (tertiary/aromatic N) is 2. The number of halogens is 1. The molecule has 0 aromatic heterocycles. The van der Waals surface area contributed by atoms with E-state index in [2.05, 4.69) is 17.1 Å². The highest BCUT2D eigenvalue weighted by molar-refractivity contribution is 6.31. The largest absolute Gasteiger partial charge is 0.409 e. The predicted molar refractivity (Wildman–Crippen MR) is 68.5 cm³/mol. The van der Waals surface area contributed by atoms with Gasteiger partial charge in [0.2, 0.25) is 0 Å². The van der Waals surface area contributed by atoms with Crippen molar-refractivity contribution in [3.05, 3.63) is 34.3 Å². The van der Waals surface area contributed by atoms with Crippen LogP contribution in [0.4, 0.5) is 0 Å². The fourth-order valence-corrected chi connectivity index (χ4v) is 2.05. The number of hydrogen-bond donors (Lipinski definition) is 2. The Labute approximate surface area is 106 Å². The lowest BCUT2D eigenvalue weighted by molar-refractivity contribution is 0.316. The first-order valence-corrected chi connectivity index (χ1v) is 5.96. The number of amidine groups is 1. The summed E-state index contributed by atoms with van der Waals surface area (Å²) in [5.41, 5.74) is 7.20. The number of nitrogens with two attached hydrogens (primary N) is 1. The van der Waals surface area contributed by atoms with Crippen molar-refractivity contribution in [2.45, 2.75) is 25.4 Å². The Morgan fingerprint density at radius 3 is 2.82 bits per heavy atom. The fourth-order valence-electron chi connectivity index (χ4n) is 1.81. The molecule has 92 valence electrons. The molecule has 1 aromatic rings. The fraction of sp³-hybridized carbons (Fsp3) is 0.417. The molecule has 0 spiro atoms. The van der Waals surface area contributed by atoms with Crippen molar-refractivity contribution in [1.29, 1.82) is 0 Å². The van der Waals surface area contributed by atoms with Gasteiger partial charge in [0.05, 0.1) is 0 Å². The molecule has 1 aliphatic carbocycles. The summed E-state index contributed by atoms with van der Waals surface area (Å²) in [6, 6.07) is 6.17. The topological polar surface area (TPSA) is 61.8 Å². The zero-order valence-corrected chi connectivity index (χ0v) is 10.5. The Morgan fingerprint density at radius 2 is 2.29 bits per heavy atom. The molecular formula is C12H16ClN3O. The second-order valence-corrected chi connectivity index (χ2v) is 4.84. The van der Waals surface area contributed by atoms with Crippen LogP contribution in [0.25, 0.3) is 0 Å². The van der Waals surface area contributed by atoms with Gasteiger partial charge >= 0.3 is 0 Å². The highest BCUT2D eigenvalue weighted by Gasteiger charge is 2.26. The number of benzene rings is 1. The van der Waals surface area contributed by atoms with Crippen LogP contribution in [0.5, 0.6) is 0 Å². The maximum Gasteiger partial charge on any atom is 0.170 e. The normalized spacial score (nSPS) is 16.5. The van der Waals surface area contributed by atoms with Crippen LogP contribution >= 0.6 is 11.6 Å². The van der Waals surface area contributed by atoms with E-state index >= 15 is 0 Å². The van der Waals surface area contributed by atoms with Gasteiger partial charge in [-0.3, -0.25) is 4.90 Å². The van der Waals surface area contributed by atoms with E-state index in [1.165, 1.54) is 12.8 Å². The van der Waals surface area contributed by atoms with Crippen molar-refractivity contribution in [2.75, 3.05) is 7.05 Å². The van der Waals surface area contributed by atoms with Crippen molar-refractivity contribution in [1.82, 2.24) is 4.90 Å². The zero-order valence-electron chi connectivity index (χ0n) is 9.73. The van der Waals surface area contributed by atoms with Crippen molar-refractivity contribution in [3.63, 3.8) is 0 Å². The van der Waals surface area contributed by atoms with E-state index in [1.807, 2.05) is 12.1 Å². The Bertz CT molecular complexity index is 443. The molecule has 17 heavy (non-hydrogen) atoms. The minimum atomic E-state index is 0.0778. The van der Waals surface area contributed by atoms with E-state index in [0.29, 0.717) is 16.6 Å². The van der Waals surface area contributed by atoms with Gasteiger partial charge in [-0.1, -0.05) is 28.9 Å². The highest BCUT2D eigenvalue weighted by Crippen LogP contribution is 2.28. The lowest BCUT2D eigenvalue weighted by Crippen LogP contribution is -2.20. The van der Waals surface area contributed by atoms with E-state index < -0.39 is 0 Å². The van der Waals surface area contributed by atoms with Crippen LogP contribution in [0.1, 0.15) is 24.0 Å². The molecule has 2 rings (SSSR count). The Kier molecular flexibility index (Phi) is 3.54. The van der Waals surface area contributed by atoms with E-state index in [9.17, 15) is 0 Å². The first-order chi connectivity index (χ1) is 8.11. The van der Waals surface area contributed by atoms with E-state index in [4.69, 9.17) is 22.5 Å². The maximum atomic E-state index is 8.59. The van der Waals surface area contributed by atoms with Gasteiger partial charge in [0, 0.05) is 23.2 Å². The maximum absolute atomic E-state index is 8.59. The zero-order chi connectivity index (χ0) is 12.4. The smallest absolute Gasteiger partial charge is 0.170 e. The lowest BCUT2D eigenvalue weighted by Gasteiger charge is -2.16. The van der Waals surface area contributed by atoms with Gasteiger partial charge in [0.25, 0.3) is 0 Å². The second kappa shape index (κ2) is 4.94. The van der Waals surface area contributed by atoms with Crippen LogP contribution in [0.3, 0.4) is 0 Å². The summed E-state index contributed by atoms with van der Waals surface area (Å²) < 4.78 is 0. The third kappa shape index (κ3) is 2.90. The second-order valence-electron chi connectivity index (χ2n) is 4.44. The van der Waals surface area contributed by atoms with Crippen LogP contribution in [0, 0.1) is 0 Å². The standard InChI is InChI=1S/C12H16ClN3O/c1-16(10-4-5-10)7-9-3-2-8(6-11(9)13)12(14)15-17/h2-3,6,10,17H,4-5,7H2,1H3,(H2,14,15). The quantitative estimate of drug-likeness (QED) is 0.374. The average molecular weight is 254 g/mol. The summed E-state index contributed by atoms with van der Waals surface area (Å²) in [7, 11) is 2.10. The van der Waals surface area contributed by atoms with E-state index in [0.717, 1.165) is 12.1 Å². The van der Waals surface area contributed by atoms with Crippen molar-refractivity contribution in [3.8, 4) is 0 Å². The summed E-state index contributed by atoms with van der Waals surface area (Å²) in [5, 5.41) is 12.2. The summed E-state index contributed by atoms with van der Waals surface area (Å²) in [6.07, 6.45) is 2.55. The monoisotopic (exact) mass is 253 g/mol. The Hall–Kier alpha value is -1.26. The van der Waals surface area contributed by atoms with E-state index in [1.54, 1.807) is 6.07 Å². The van der Waals surface area contributed by atoms with Crippen LogP contribution in [-0.4, -0.2) is 29.0 Å². The molecule has 1 fully saturated rings. The molecule has 0 heterocycles. The molecule has 3 N–H and O–H groups in total. The molecule has 4 nitrogen and oxygen atoms in total. The summed E-state index contributed by atoms with van der Waals surface area (Å²) in [6.45, 7) is 0.833. The van der Waals surface area contributed by atoms with Gasteiger partial charge in [-0.25, -0.2) is 0 Å². The van der Waals surface area contributed by atoms with Gasteiger partial charge in [0.1, 0.15) is 0 Å². The molecule has 0 unspecified atom stereocenters. The Balaban J connectivity index is 2.13.